The van der Waals surface area contributed by atoms with Crippen molar-refractivity contribution in [3.05, 3.63) is 125 Å². The Morgan fingerprint density at radius 2 is 0.562 bits per heavy atom. The summed E-state index contributed by atoms with van der Waals surface area (Å²) in [5.41, 5.74) is 10.8. The topological polar surface area (TPSA) is 423 Å². The Balaban J connectivity index is 0.000000125. The number of ether oxygens (including phenoxy) is 9. The Bertz CT molecular complexity index is 5600. The predicted molar refractivity (Wildman–Crippen MR) is 541 cm³/mol. The van der Waals surface area contributed by atoms with Crippen LogP contribution >= 0.6 is 0 Å². The summed E-state index contributed by atoms with van der Waals surface area (Å²) < 4.78 is 82.0. The van der Waals surface area contributed by atoms with Crippen LogP contribution in [0.4, 0.5) is 35.8 Å². The van der Waals surface area contributed by atoms with Crippen LogP contribution in [0, 0.1) is 0 Å². The molecule has 21 rings (SSSR count). The molecule has 0 radical (unpaired) electrons. The zero-order valence-corrected chi connectivity index (χ0v) is 86.0. The Hall–Kier alpha value is -12.4. The summed E-state index contributed by atoms with van der Waals surface area (Å²) >= 11 is 0. The van der Waals surface area contributed by atoms with Crippen LogP contribution in [-0.4, -0.2) is 342 Å². The van der Waals surface area contributed by atoms with Crippen molar-refractivity contribution in [1.82, 2.24) is 106 Å². The summed E-state index contributed by atoms with van der Waals surface area (Å²) in [5.74, 6) is 9.94. The zero-order valence-electron chi connectivity index (χ0n) is 86.0. The maximum atomic E-state index is 5.94. The number of hydrogen-bond donors (Lipinski definition) is 0. The van der Waals surface area contributed by atoms with Crippen molar-refractivity contribution in [3.8, 4) is 86.6 Å². The highest BCUT2D eigenvalue weighted by molar-refractivity contribution is 5.58. The van der Waals surface area contributed by atoms with E-state index >= 15 is 0 Å². The van der Waals surface area contributed by atoms with Crippen molar-refractivity contribution in [2.45, 2.75) is 175 Å². The van der Waals surface area contributed by atoms with Gasteiger partial charge in [-0.1, -0.05) is 105 Å². The molecule has 9 saturated heterocycles. The number of hydrogen-bond acceptors (Lipinski definition) is 42. The minimum atomic E-state index is 0.336. The van der Waals surface area contributed by atoms with E-state index in [9.17, 15) is 0 Å². The summed E-state index contributed by atoms with van der Waals surface area (Å²) in [4.78, 5) is 65.1. The Kier molecular flexibility index (Phi) is 37.3. The Morgan fingerprint density at radius 1 is 0.271 bits per heavy atom. The van der Waals surface area contributed by atoms with Gasteiger partial charge in [0.1, 0.15) is 45.7 Å². The van der Waals surface area contributed by atoms with Crippen LogP contribution < -0.4 is 43.6 Å². The molecule has 0 amide bonds. The second-order valence-corrected chi connectivity index (χ2v) is 38.6. The molecule has 774 valence electrons. The fraction of sp³-hybridized carbons (Fsp3) is 0.588. The molecule has 0 N–H and O–H groups in total. The van der Waals surface area contributed by atoms with Gasteiger partial charge in [-0.15, -0.1) is 10.2 Å². The van der Waals surface area contributed by atoms with Crippen LogP contribution in [0.5, 0.6) is 17.2 Å². The van der Waals surface area contributed by atoms with Gasteiger partial charge < -0.3 is 99.0 Å². The molecule has 0 aliphatic carbocycles. The number of morpholine rings is 6. The van der Waals surface area contributed by atoms with E-state index in [2.05, 4.69) is 214 Å². The summed E-state index contributed by atoms with van der Waals surface area (Å²) in [6.07, 6.45) is 17.7. The lowest BCUT2D eigenvalue weighted by atomic mass is 10.0. The molecule has 0 spiro atoms. The normalized spacial score (nSPS) is 17.9. The number of rotatable bonds is 24. The van der Waals surface area contributed by atoms with Crippen molar-refractivity contribution in [1.29, 1.82) is 0 Å². The molecule has 42 heteroatoms. The van der Waals surface area contributed by atoms with E-state index in [0.29, 0.717) is 187 Å². The monoisotopic (exact) mass is 1980 g/mol. The minimum absolute atomic E-state index is 0.336. The van der Waals surface area contributed by atoms with E-state index < -0.39 is 0 Å². The van der Waals surface area contributed by atoms with Gasteiger partial charge in [0.2, 0.25) is 0 Å². The zero-order chi connectivity index (χ0) is 100. The number of aromatic nitrogens is 18. The molecule has 0 bridgehead atoms. The third-order valence-corrected chi connectivity index (χ3v) is 27.1. The van der Waals surface area contributed by atoms with Gasteiger partial charge in [0.05, 0.1) is 106 Å². The van der Waals surface area contributed by atoms with Gasteiger partial charge in [0.15, 0.2) is 0 Å². The van der Waals surface area contributed by atoms with E-state index in [1.54, 1.807) is 33.7 Å². The fourth-order valence-corrected chi connectivity index (χ4v) is 18.2. The molecule has 9 fully saturated rings. The van der Waals surface area contributed by atoms with E-state index in [1.807, 2.05) is 83.1 Å². The van der Waals surface area contributed by atoms with E-state index in [-0.39, 0.29) is 0 Å². The first kappa shape index (κ1) is 104. The van der Waals surface area contributed by atoms with Crippen molar-refractivity contribution in [3.63, 3.8) is 0 Å². The van der Waals surface area contributed by atoms with Crippen LogP contribution in [0.15, 0.2) is 119 Å². The van der Waals surface area contributed by atoms with E-state index in [0.717, 1.165) is 247 Å². The lowest BCUT2D eigenvalue weighted by Crippen LogP contribution is -2.49. The van der Waals surface area contributed by atoms with Gasteiger partial charge in [0, 0.05) is 214 Å². The number of nitrogens with zero attached hydrogens (tertiary/aromatic N) is 27. The molecular weight excluding hydrogens is 1840 g/mol. The third-order valence-electron chi connectivity index (χ3n) is 27.1. The number of methoxy groups -OCH3 is 3. The lowest BCUT2D eigenvalue weighted by molar-refractivity contribution is 0.0113. The fourth-order valence-electron chi connectivity index (χ4n) is 18.2. The average molecular weight is 1990 g/mol. The molecule has 12 aromatic rings. The van der Waals surface area contributed by atoms with Gasteiger partial charge in [-0.05, 0) is 130 Å². The van der Waals surface area contributed by atoms with Crippen molar-refractivity contribution in [2.75, 3.05) is 248 Å². The van der Waals surface area contributed by atoms with Crippen LogP contribution in [0.25, 0.3) is 69.4 Å². The predicted octanol–water partition coefficient (Wildman–Crippen LogP) is 14.0. The largest absolute Gasteiger partial charge is 0.496 e. The Labute approximate surface area is 841 Å². The first-order valence-electron chi connectivity index (χ1n) is 50.9. The van der Waals surface area contributed by atoms with Crippen LogP contribution in [0.2, 0.25) is 0 Å². The molecule has 144 heavy (non-hydrogen) atoms. The average Bonchev–Trinajstić information content (AvgIpc) is 1.66. The molecule has 0 saturated carbocycles. The first-order valence-corrected chi connectivity index (χ1v) is 50.9. The molecule has 9 aliphatic heterocycles. The second kappa shape index (κ2) is 51.4. The third kappa shape index (κ3) is 27.6. The van der Waals surface area contributed by atoms with Crippen molar-refractivity contribution < 1.29 is 69.6 Å². The maximum absolute atomic E-state index is 5.94. The van der Waals surface area contributed by atoms with Crippen LogP contribution in [0.3, 0.4) is 0 Å². The van der Waals surface area contributed by atoms with Gasteiger partial charge >= 0.3 is 12.0 Å². The molecule has 21 heterocycles. The van der Waals surface area contributed by atoms with Crippen LogP contribution in [-0.2, 0) is 28.4 Å². The van der Waals surface area contributed by atoms with Crippen LogP contribution in [0.1, 0.15) is 191 Å². The Morgan fingerprint density at radius 3 is 0.868 bits per heavy atom. The molecule has 12 aromatic heterocycles. The highest BCUT2D eigenvalue weighted by Gasteiger charge is 2.34. The highest BCUT2D eigenvalue weighted by Crippen LogP contribution is 2.37. The number of anilines is 6. The first-order chi connectivity index (χ1) is 70.2. The van der Waals surface area contributed by atoms with Gasteiger partial charge in [-0.25, -0.2) is 0 Å². The van der Waals surface area contributed by atoms with E-state index in [1.165, 1.54) is 11.1 Å². The van der Waals surface area contributed by atoms with Crippen molar-refractivity contribution in [2.24, 2.45) is 0 Å². The number of pyridine rings is 6. The van der Waals surface area contributed by atoms with E-state index in [4.69, 9.17) is 69.6 Å². The van der Waals surface area contributed by atoms with Gasteiger partial charge in [-0.3, -0.25) is 44.6 Å². The molecule has 42 nitrogen and oxygen atoms in total. The molecule has 0 atom stereocenters. The number of piperidine rings is 3. The van der Waals surface area contributed by atoms with Gasteiger partial charge in [-0.2, -0.15) is 19.9 Å². The molecule has 9 aliphatic rings. The second-order valence-electron chi connectivity index (χ2n) is 38.6. The molecule has 0 unspecified atom stereocenters. The summed E-state index contributed by atoms with van der Waals surface area (Å²) in [6, 6.07) is 20.6. The maximum Gasteiger partial charge on any atom is 0.318 e. The van der Waals surface area contributed by atoms with Crippen molar-refractivity contribution >= 4 is 35.8 Å². The smallest absolute Gasteiger partial charge is 0.318 e. The standard InChI is InChI=1S/2C20H29N5O3.C19H27N5O2.C15H20N4O3.2C14H18N4O2/c1-14(2)16-13-21-17(12-18(16)26-3)19-22-23-20(28-19)25-6-4-15(5-7-25)24-8-10-27-11-9-24;1-14(2)16-13-21-17(12-18(16)26-3)19-22-20(23-28-19)25-6-4-15(5-7-25)24-8-10-27-11-9-24;1-14(2)15-3-4-17(20-13-15)18-21-19(22-26-18)24-7-5-16(6-8-24)23-9-11-25-12-10-23;1-10(2)11-9-16-12(8-13(11)20-3)14-17-15(18-22-14)19-4-6-21-7-5-19;1-10(2)12-4-3-11(9-15-12)13-16-17-14(20-13)18-5-7-19-8-6-18;1-10(2)11-3-4-12(15-9-11)13-16-14(17-20-13)18-5-7-19-8-6-18/h2*12-15H,4-11H2,1-3H3;3-4,13-14,16H,5-12H2,1-2H3;8-10H,4-7H2,1-3H3;2*3-4,9-10H,5-8H2,1-2H3. The highest BCUT2D eigenvalue weighted by atomic mass is 16.5. The summed E-state index contributed by atoms with van der Waals surface area (Å²) in [7, 11) is 4.99. The minimum Gasteiger partial charge on any atom is -0.496 e. The summed E-state index contributed by atoms with van der Waals surface area (Å²) in [5, 5.41) is 33.1. The quantitative estimate of drug-likeness (QED) is 0.0542. The lowest BCUT2D eigenvalue weighted by Gasteiger charge is -2.39. The summed E-state index contributed by atoms with van der Waals surface area (Å²) in [6.45, 7) is 51.3. The molecule has 0 aromatic carbocycles. The van der Waals surface area contributed by atoms with Gasteiger partial charge in [0.25, 0.3) is 59.1 Å². The molecular formula is C102H141N27O15. The SMILES string of the molecule is CC(C)c1ccc(-c2nc(N3CCC(N4CCOCC4)CC3)no2)nc1.CC(C)c1ccc(-c2nc(N3CCOCC3)no2)nc1.CC(C)c1ccc(-c2nnc(N3CCOCC3)o2)cn1.COc1cc(-c2nc(N3CCC(N4CCOCC4)CC3)no2)ncc1C(C)C.COc1cc(-c2nc(N3CCOCC3)no2)ncc1C(C)C.COc1cc(-c2nnc(N3CCC(N4CCOCC4)CC3)o2)ncc1C(C)C.